The van der Waals surface area contributed by atoms with E-state index < -0.39 is 19.1 Å². The Morgan fingerprint density at radius 3 is 2.12 bits per heavy atom. The molecule has 0 N–H and O–H groups in total. The maximum atomic E-state index is 12.0. The van der Waals surface area contributed by atoms with Crippen molar-refractivity contribution in [1.29, 1.82) is 0 Å². The van der Waals surface area contributed by atoms with Gasteiger partial charge in [-0.3, -0.25) is 19.5 Å². The van der Waals surface area contributed by atoms with Crippen LogP contribution >= 0.6 is 0 Å². The molecule has 0 spiro atoms. The van der Waals surface area contributed by atoms with Crippen molar-refractivity contribution in [2.24, 2.45) is 0 Å². The van der Waals surface area contributed by atoms with E-state index in [-0.39, 0.29) is 19.0 Å². The van der Waals surface area contributed by atoms with Gasteiger partial charge >= 0.3 is 19.1 Å². The lowest BCUT2D eigenvalue weighted by atomic mass is 9.79. The summed E-state index contributed by atoms with van der Waals surface area (Å²) in [5.74, 6) is -0.915. The molecule has 1 aromatic heterocycles. The van der Waals surface area contributed by atoms with Gasteiger partial charge in [-0.25, -0.2) is 4.98 Å². The molecule has 0 saturated carbocycles. The summed E-state index contributed by atoms with van der Waals surface area (Å²) < 4.78 is 10.7. The van der Waals surface area contributed by atoms with Crippen molar-refractivity contribution in [2.75, 3.05) is 20.1 Å². The molecular weight excluding hydrogens is 309 g/mol. The molecule has 7 nitrogen and oxygen atoms in total. The first-order chi connectivity index (χ1) is 11.4. The first-order valence-corrected chi connectivity index (χ1v) is 7.78. The second kappa shape index (κ2) is 6.56. The van der Waals surface area contributed by atoms with E-state index >= 15 is 0 Å². The highest BCUT2D eigenvalue weighted by atomic mass is 16.6. The Bertz CT molecular complexity index is 776. The SMILES string of the molecule is CC(C)c1nc2ccccc2nc1B1OC(=O)CN(C)CC(=O)O1. The molecule has 0 atom stereocenters. The molecule has 24 heavy (non-hydrogen) atoms. The second-order valence-corrected chi connectivity index (χ2v) is 6.12. The molecule has 1 saturated heterocycles. The van der Waals surface area contributed by atoms with Crippen LogP contribution in [0, 0.1) is 0 Å². The Kier molecular flexibility index (Phi) is 4.48. The number of hydrogen-bond acceptors (Lipinski definition) is 7. The maximum Gasteiger partial charge on any atom is 0.658 e. The van der Waals surface area contributed by atoms with Gasteiger partial charge in [0.05, 0.1) is 29.8 Å². The molecule has 0 aliphatic carbocycles. The van der Waals surface area contributed by atoms with Gasteiger partial charge in [0.1, 0.15) is 5.59 Å². The molecule has 1 aliphatic rings. The smallest absolute Gasteiger partial charge is 0.493 e. The van der Waals surface area contributed by atoms with E-state index in [1.807, 2.05) is 38.1 Å². The lowest BCUT2D eigenvalue weighted by molar-refractivity contribution is -0.145. The van der Waals surface area contributed by atoms with Gasteiger partial charge in [-0.2, -0.15) is 0 Å². The standard InChI is InChI=1S/C16H18BN3O4/c1-10(2)15-16(19-12-7-5-4-6-11(12)18-15)17-23-13(21)8-20(3)9-14(22)24-17/h4-7,10H,8-9H2,1-3H3. The van der Waals surface area contributed by atoms with Crippen LogP contribution in [0.5, 0.6) is 0 Å². The average Bonchev–Trinajstić information content (AvgIpc) is 2.51. The lowest BCUT2D eigenvalue weighted by Crippen LogP contribution is -2.50. The van der Waals surface area contributed by atoms with E-state index in [9.17, 15) is 9.59 Å². The normalized spacial score (nSPS) is 16.8. The third kappa shape index (κ3) is 3.38. The number of carbonyl (C=O) groups excluding carboxylic acids is 2. The van der Waals surface area contributed by atoms with Gasteiger partial charge in [0, 0.05) is 0 Å². The number of carbonyl (C=O) groups is 2. The van der Waals surface area contributed by atoms with Crippen molar-refractivity contribution >= 4 is 35.7 Å². The number of nitrogens with zero attached hydrogens (tertiary/aromatic N) is 3. The molecule has 3 rings (SSSR count). The zero-order chi connectivity index (χ0) is 17.3. The first-order valence-electron chi connectivity index (χ1n) is 7.78. The lowest BCUT2D eigenvalue weighted by Gasteiger charge is -2.23. The Balaban J connectivity index is 2.06. The fourth-order valence-corrected chi connectivity index (χ4v) is 2.57. The highest BCUT2D eigenvalue weighted by Gasteiger charge is 2.38. The molecule has 2 aromatic rings. The molecule has 8 heteroatoms. The Hall–Kier alpha value is -2.48. The van der Waals surface area contributed by atoms with Crippen molar-refractivity contribution in [3.8, 4) is 0 Å². The summed E-state index contributed by atoms with van der Waals surface area (Å²) in [6, 6.07) is 7.41. The molecule has 124 valence electrons. The van der Waals surface area contributed by atoms with E-state index in [1.54, 1.807) is 7.05 Å². The summed E-state index contributed by atoms with van der Waals surface area (Å²) in [5.41, 5.74) is 2.42. The minimum absolute atomic E-state index is 0.0175. The van der Waals surface area contributed by atoms with E-state index in [0.29, 0.717) is 16.8 Å². The van der Waals surface area contributed by atoms with Crippen LogP contribution in [0.15, 0.2) is 24.3 Å². The van der Waals surface area contributed by atoms with Gasteiger partial charge in [0.15, 0.2) is 0 Å². The molecule has 0 amide bonds. The van der Waals surface area contributed by atoms with E-state index in [1.165, 1.54) is 4.90 Å². The molecular formula is C16H18BN3O4. The number of fused-ring (bicyclic) bond motifs is 1. The largest absolute Gasteiger partial charge is 0.658 e. The summed E-state index contributed by atoms with van der Waals surface area (Å²) in [4.78, 5) is 34.7. The van der Waals surface area contributed by atoms with E-state index in [4.69, 9.17) is 9.31 Å². The van der Waals surface area contributed by atoms with Crippen LogP contribution in [0.3, 0.4) is 0 Å². The van der Waals surface area contributed by atoms with Crippen molar-refractivity contribution in [2.45, 2.75) is 19.8 Å². The zero-order valence-corrected chi connectivity index (χ0v) is 13.9. The summed E-state index contributed by atoms with van der Waals surface area (Å²) in [6.45, 7) is 3.96. The fraction of sp³-hybridized carbons (Fsp3) is 0.375. The molecule has 0 unspecified atom stereocenters. The number of likely N-dealkylation sites (N-methyl/N-ethyl adjacent to an activating group) is 1. The highest BCUT2D eigenvalue weighted by Crippen LogP contribution is 2.15. The van der Waals surface area contributed by atoms with Crippen molar-refractivity contribution < 1.29 is 18.9 Å². The van der Waals surface area contributed by atoms with Gasteiger partial charge in [-0.1, -0.05) is 26.0 Å². The number of hydrogen-bond donors (Lipinski definition) is 0. The number of benzene rings is 1. The summed E-state index contributed by atoms with van der Waals surface area (Å²) >= 11 is 0. The van der Waals surface area contributed by atoms with Crippen LogP contribution in [-0.4, -0.2) is 54.1 Å². The number of aromatic nitrogens is 2. The minimum atomic E-state index is -1.17. The van der Waals surface area contributed by atoms with Gasteiger partial charge in [-0.15, -0.1) is 0 Å². The van der Waals surface area contributed by atoms with Crippen molar-refractivity contribution in [3.63, 3.8) is 0 Å². The molecule has 0 radical (unpaired) electrons. The monoisotopic (exact) mass is 327 g/mol. The van der Waals surface area contributed by atoms with E-state index in [0.717, 1.165) is 5.52 Å². The van der Waals surface area contributed by atoms with Gasteiger partial charge < -0.3 is 9.31 Å². The van der Waals surface area contributed by atoms with Gasteiger partial charge in [-0.05, 0) is 25.1 Å². The van der Waals surface area contributed by atoms with Crippen LogP contribution in [0.2, 0.25) is 0 Å². The molecule has 2 heterocycles. The first kappa shape index (κ1) is 16.4. The third-order valence-corrected chi connectivity index (χ3v) is 3.67. The maximum absolute atomic E-state index is 12.0. The fourth-order valence-electron chi connectivity index (χ4n) is 2.57. The van der Waals surface area contributed by atoms with Crippen molar-refractivity contribution in [3.05, 3.63) is 30.0 Å². The van der Waals surface area contributed by atoms with Crippen LogP contribution in [-0.2, 0) is 18.9 Å². The summed E-state index contributed by atoms with van der Waals surface area (Å²) in [7, 11) is 0.478. The zero-order valence-electron chi connectivity index (χ0n) is 13.9. The predicted molar refractivity (Wildman–Crippen MR) is 88.7 cm³/mol. The van der Waals surface area contributed by atoms with Crippen LogP contribution in [0.4, 0.5) is 0 Å². The van der Waals surface area contributed by atoms with Crippen LogP contribution in [0.1, 0.15) is 25.5 Å². The topological polar surface area (TPSA) is 81.6 Å². The average molecular weight is 327 g/mol. The van der Waals surface area contributed by atoms with Crippen LogP contribution < -0.4 is 5.59 Å². The summed E-state index contributed by atoms with van der Waals surface area (Å²) in [5, 5.41) is 0. The molecule has 0 bridgehead atoms. The quantitative estimate of drug-likeness (QED) is 0.742. The highest BCUT2D eigenvalue weighted by molar-refractivity contribution is 6.64. The second-order valence-electron chi connectivity index (χ2n) is 6.12. The Morgan fingerprint density at radius 1 is 1.04 bits per heavy atom. The third-order valence-electron chi connectivity index (χ3n) is 3.67. The summed E-state index contributed by atoms with van der Waals surface area (Å²) in [6.07, 6.45) is 0. The Labute approximate surface area is 140 Å². The van der Waals surface area contributed by atoms with Crippen LogP contribution in [0.25, 0.3) is 11.0 Å². The Morgan fingerprint density at radius 2 is 1.58 bits per heavy atom. The molecule has 1 aliphatic heterocycles. The predicted octanol–water partition coefficient (Wildman–Crippen LogP) is 0.480. The van der Waals surface area contributed by atoms with Crippen molar-refractivity contribution in [1.82, 2.24) is 14.9 Å². The molecule has 1 aromatic carbocycles. The number of rotatable bonds is 2. The van der Waals surface area contributed by atoms with Gasteiger partial charge in [0.2, 0.25) is 0 Å². The van der Waals surface area contributed by atoms with Gasteiger partial charge in [0.25, 0.3) is 0 Å². The minimum Gasteiger partial charge on any atom is -0.493 e. The van der Waals surface area contributed by atoms with E-state index in [2.05, 4.69) is 9.97 Å². The number of para-hydroxylation sites is 2. The molecule has 1 fully saturated rings.